The van der Waals surface area contributed by atoms with Crippen LogP contribution in [0.5, 0.6) is 0 Å². The van der Waals surface area contributed by atoms with Crippen molar-refractivity contribution in [2.75, 3.05) is 25.0 Å². The normalized spacial score (nSPS) is 19.2. The zero-order valence-electron chi connectivity index (χ0n) is 12.9. The Bertz CT molecular complexity index is 573. The van der Waals surface area contributed by atoms with E-state index in [4.69, 9.17) is 4.42 Å². The topological polar surface area (TPSA) is 80.0 Å². The van der Waals surface area contributed by atoms with Crippen LogP contribution in [-0.2, 0) is 6.42 Å². The molecule has 0 unspecified atom stereocenters. The number of piperidine rings is 1. The van der Waals surface area contributed by atoms with Gasteiger partial charge in [0.05, 0.1) is 18.1 Å². The summed E-state index contributed by atoms with van der Waals surface area (Å²) < 4.78 is 5.27. The van der Waals surface area contributed by atoms with Gasteiger partial charge in [0.2, 0.25) is 5.95 Å². The zero-order valence-corrected chi connectivity index (χ0v) is 12.9. The van der Waals surface area contributed by atoms with E-state index in [1.165, 1.54) is 6.42 Å². The number of oxazole rings is 1. The maximum atomic E-state index is 5.27. The summed E-state index contributed by atoms with van der Waals surface area (Å²) in [5.41, 5.74) is 0.885. The molecule has 0 amide bonds. The van der Waals surface area contributed by atoms with Gasteiger partial charge in [-0.2, -0.15) is 5.10 Å². The Morgan fingerprint density at radius 3 is 3.23 bits per heavy atom. The van der Waals surface area contributed by atoms with Gasteiger partial charge in [-0.05, 0) is 39.3 Å². The van der Waals surface area contributed by atoms with Gasteiger partial charge in [0.25, 0.3) is 0 Å². The molecule has 0 saturated carbocycles. The monoisotopic (exact) mass is 302 g/mol. The highest BCUT2D eigenvalue weighted by molar-refractivity contribution is 5.24. The third-order valence-electron chi connectivity index (χ3n) is 3.87. The number of hydrogen-bond acceptors (Lipinski definition) is 7. The maximum Gasteiger partial charge on any atom is 0.243 e. The van der Waals surface area contributed by atoms with E-state index < -0.39 is 0 Å². The molecule has 1 aliphatic heterocycles. The Balaban J connectivity index is 1.44. The first-order valence-corrected chi connectivity index (χ1v) is 7.83. The summed E-state index contributed by atoms with van der Waals surface area (Å²) in [6.07, 6.45) is 9.30. The molecular weight excluding hydrogens is 280 g/mol. The van der Waals surface area contributed by atoms with Gasteiger partial charge in [-0.3, -0.25) is 0 Å². The van der Waals surface area contributed by atoms with Gasteiger partial charge >= 0.3 is 0 Å². The van der Waals surface area contributed by atoms with Crippen molar-refractivity contribution in [3.05, 3.63) is 30.2 Å². The molecule has 1 aliphatic rings. The predicted octanol–water partition coefficient (Wildman–Crippen LogP) is 1.68. The fourth-order valence-electron chi connectivity index (χ4n) is 2.84. The van der Waals surface area contributed by atoms with E-state index >= 15 is 0 Å². The van der Waals surface area contributed by atoms with Crippen molar-refractivity contribution in [2.24, 2.45) is 0 Å². The van der Waals surface area contributed by atoms with E-state index in [0.717, 1.165) is 50.5 Å². The minimum absolute atomic E-state index is 0.388. The van der Waals surface area contributed by atoms with Crippen LogP contribution in [0.2, 0.25) is 0 Å². The molecular formula is C15H22N6O. The van der Waals surface area contributed by atoms with E-state index in [1.807, 2.05) is 6.92 Å². The first kappa shape index (κ1) is 14.9. The van der Waals surface area contributed by atoms with Crippen molar-refractivity contribution >= 4 is 5.95 Å². The summed E-state index contributed by atoms with van der Waals surface area (Å²) in [5, 5.41) is 11.4. The van der Waals surface area contributed by atoms with Crippen LogP contribution in [0, 0.1) is 6.92 Å². The largest absolute Gasteiger partial charge is 0.449 e. The second-order valence-corrected chi connectivity index (χ2v) is 5.73. The highest BCUT2D eigenvalue weighted by atomic mass is 16.3. The van der Waals surface area contributed by atoms with Gasteiger partial charge < -0.3 is 14.6 Å². The maximum absolute atomic E-state index is 5.27. The summed E-state index contributed by atoms with van der Waals surface area (Å²) in [6, 6.07) is 0.388. The number of nitrogens with zero attached hydrogens (tertiary/aromatic N) is 5. The first-order chi connectivity index (χ1) is 10.8. The lowest BCUT2D eigenvalue weighted by molar-refractivity contribution is 0.212. The van der Waals surface area contributed by atoms with Crippen molar-refractivity contribution < 1.29 is 4.42 Å². The number of aryl methyl sites for hydroxylation is 2. The Kier molecular flexibility index (Phi) is 4.95. The molecule has 3 heterocycles. The molecule has 1 saturated heterocycles. The molecule has 0 bridgehead atoms. The Hall–Kier alpha value is -2.02. The first-order valence-electron chi connectivity index (χ1n) is 7.83. The molecule has 1 atom stereocenters. The number of likely N-dealkylation sites (tertiary alicyclic amines) is 1. The summed E-state index contributed by atoms with van der Waals surface area (Å²) in [7, 11) is 0. The number of hydrogen-bond donors (Lipinski definition) is 1. The molecule has 7 heteroatoms. The number of aromatic nitrogens is 4. The molecule has 0 spiro atoms. The fourth-order valence-corrected chi connectivity index (χ4v) is 2.84. The van der Waals surface area contributed by atoms with E-state index in [2.05, 4.69) is 30.4 Å². The number of nitrogens with one attached hydrogen (secondary N) is 1. The molecule has 0 aliphatic carbocycles. The summed E-state index contributed by atoms with van der Waals surface area (Å²) >= 11 is 0. The summed E-state index contributed by atoms with van der Waals surface area (Å²) in [6.45, 7) is 5.16. The third kappa shape index (κ3) is 4.24. The standard InChI is InChI=1S/C15H22N6O/c1-12-10-17-20-15(18-12)19-13-4-2-7-21(11-13)8-3-5-14-16-6-9-22-14/h6,9-10,13H,2-5,7-8,11H2,1H3,(H,18,19,20)/t13-/m1/s1. The highest BCUT2D eigenvalue weighted by Gasteiger charge is 2.20. The van der Waals surface area contributed by atoms with Crippen LogP contribution in [0.25, 0.3) is 0 Å². The molecule has 3 rings (SSSR count). The lowest BCUT2D eigenvalue weighted by Gasteiger charge is -2.32. The average Bonchev–Trinajstić information content (AvgIpc) is 3.01. The second kappa shape index (κ2) is 7.31. The predicted molar refractivity (Wildman–Crippen MR) is 82.5 cm³/mol. The van der Waals surface area contributed by atoms with Crippen molar-refractivity contribution in [1.29, 1.82) is 0 Å². The van der Waals surface area contributed by atoms with Crippen LogP contribution < -0.4 is 5.32 Å². The fraction of sp³-hybridized carbons (Fsp3) is 0.600. The van der Waals surface area contributed by atoms with Gasteiger partial charge in [0.1, 0.15) is 6.26 Å². The minimum Gasteiger partial charge on any atom is -0.449 e. The molecule has 2 aromatic heterocycles. The molecule has 2 aromatic rings. The van der Waals surface area contributed by atoms with Crippen LogP contribution in [0.1, 0.15) is 30.8 Å². The Morgan fingerprint density at radius 2 is 2.41 bits per heavy atom. The number of anilines is 1. The second-order valence-electron chi connectivity index (χ2n) is 5.73. The third-order valence-corrected chi connectivity index (χ3v) is 3.87. The van der Waals surface area contributed by atoms with Crippen molar-refractivity contribution in [1.82, 2.24) is 25.1 Å². The van der Waals surface area contributed by atoms with Crippen LogP contribution in [-0.4, -0.2) is 50.7 Å². The number of rotatable bonds is 6. The van der Waals surface area contributed by atoms with Gasteiger partial charge in [-0.15, -0.1) is 5.10 Å². The average molecular weight is 302 g/mol. The van der Waals surface area contributed by atoms with Crippen LogP contribution in [0.4, 0.5) is 5.95 Å². The van der Waals surface area contributed by atoms with Crippen molar-refractivity contribution in [2.45, 2.75) is 38.6 Å². The Morgan fingerprint density at radius 1 is 1.45 bits per heavy atom. The van der Waals surface area contributed by atoms with E-state index in [1.54, 1.807) is 18.7 Å². The molecule has 7 nitrogen and oxygen atoms in total. The van der Waals surface area contributed by atoms with Crippen LogP contribution in [0.15, 0.2) is 23.1 Å². The summed E-state index contributed by atoms with van der Waals surface area (Å²) in [4.78, 5) is 11.0. The molecule has 22 heavy (non-hydrogen) atoms. The Labute approximate surface area is 130 Å². The smallest absolute Gasteiger partial charge is 0.243 e. The molecule has 1 fully saturated rings. The molecule has 0 radical (unpaired) electrons. The SMILES string of the molecule is Cc1cnnc(N[C@@H]2CCCN(CCCc3ncco3)C2)n1. The summed E-state index contributed by atoms with van der Waals surface area (Å²) in [5.74, 6) is 1.46. The van der Waals surface area contributed by atoms with Gasteiger partial charge in [0, 0.05) is 19.0 Å². The molecule has 0 aromatic carbocycles. The van der Waals surface area contributed by atoms with E-state index in [0.29, 0.717) is 12.0 Å². The van der Waals surface area contributed by atoms with E-state index in [9.17, 15) is 0 Å². The molecule has 1 N–H and O–H groups in total. The lowest BCUT2D eigenvalue weighted by Crippen LogP contribution is -2.42. The zero-order chi connectivity index (χ0) is 15.2. The van der Waals surface area contributed by atoms with Gasteiger partial charge in [-0.1, -0.05) is 0 Å². The van der Waals surface area contributed by atoms with Crippen molar-refractivity contribution in [3.8, 4) is 0 Å². The highest BCUT2D eigenvalue weighted by Crippen LogP contribution is 2.14. The van der Waals surface area contributed by atoms with Gasteiger partial charge in [-0.25, -0.2) is 9.97 Å². The van der Waals surface area contributed by atoms with Crippen LogP contribution >= 0.6 is 0 Å². The quantitative estimate of drug-likeness (QED) is 0.869. The van der Waals surface area contributed by atoms with Crippen LogP contribution in [0.3, 0.4) is 0 Å². The van der Waals surface area contributed by atoms with Gasteiger partial charge in [0.15, 0.2) is 5.89 Å². The van der Waals surface area contributed by atoms with E-state index in [-0.39, 0.29) is 0 Å². The lowest BCUT2D eigenvalue weighted by atomic mass is 10.1. The van der Waals surface area contributed by atoms with Crippen molar-refractivity contribution in [3.63, 3.8) is 0 Å². The molecule has 118 valence electrons. The minimum atomic E-state index is 0.388.